The Balaban J connectivity index is 2.26. The molecule has 0 saturated heterocycles. The van der Waals surface area contributed by atoms with Crippen LogP contribution in [-0.2, 0) is 6.61 Å². The summed E-state index contributed by atoms with van der Waals surface area (Å²) in [5.41, 5.74) is 1.59. The smallest absolute Gasteiger partial charge is 0.130 e. The van der Waals surface area contributed by atoms with Gasteiger partial charge < -0.3 is 4.74 Å². The van der Waals surface area contributed by atoms with Crippen LogP contribution >= 0.6 is 27.5 Å². The van der Waals surface area contributed by atoms with E-state index in [4.69, 9.17) is 26.9 Å². The highest BCUT2D eigenvalue weighted by Crippen LogP contribution is 2.26. The van der Waals surface area contributed by atoms with Crippen molar-refractivity contribution in [1.82, 2.24) is 0 Å². The number of nitriles is 2. The number of rotatable bonds is 4. The molecule has 0 radical (unpaired) electrons. The Kier molecular flexibility index (Phi) is 5.61. The molecule has 3 nitrogen and oxygen atoms in total. The van der Waals surface area contributed by atoms with Gasteiger partial charge in [-0.25, -0.2) is 0 Å². The summed E-state index contributed by atoms with van der Waals surface area (Å²) in [6, 6.07) is 16.5. The molecule has 0 bridgehead atoms. The van der Waals surface area contributed by atoms with E-state index in [-0.39, 0.29) is 5.57 Å². The van der Waals surface area contributed by atoms with Crippen molar-refractivity contribution in [2.24, 2.45) is 0 Å². The number of hydrogen-bond donors (Lipinski definition) is 0. The number of benzene rings is 2. The Morgan fingerprint density at radius 2 is 1.95 bits per heavy atom. The van der Waals surface area contributed by atoms with Crippen molar-refractivity contribution in [2.45, 2.75) is 6.61 Å². The minimum atomic E-state index is -0.00503. The minimum absolute atomic E-state index is 0.00503. The van der Waals surface area contributed by atoms with E-state index >= 15 is 0 Å². The molecule has 0 atom stereocenters. The van der Waals surface area contributed by atoms with Gasteiger partial charge in [-0.15, -0.1) is 0 Å². The summed E-state index contributed by atoms with van der Waals surface area (Å²) in [6.07, 6.45) is 1.46. The van der Waals surface area contributed by atoms with Crippen molar-refractivity contribution in [2.75, 3.05) is 0 Å². The average Bonchev–Trinajstić information content (AvgIpc) is 2.51. The first-order valence-electron chi connectivity index (χ1n) is 6.31. The predicted octanol–water partition coefficient (Wildman–Crippen LogP) is 5.11. The van der Waals surface area contributed by atoms with Crippen LogP contribution in [0.1, 0.15) is 11.1 Å². The summed E-state index contributed by atoms with van der Waals surface area (Å²) in [4.78, 5) is 0. The minimum Gasteiger partial charge on any atom is -0.488 e. The van der Waals surface area contributed by atoms with Crippen LogP contribution in [0.15, 0.2) is 52.5 Å². The van der Waals surface area contributed by atoms with Gasteiger partial charge in [-0.3, -0.25) is 0 Å². The zero-order chi connectivity index (χ0) is 15.9. The van der Waals surface area contributed by atoms with E-state index in [0.717, 1.165) is 10.0 Å². The Hall–Kier alpha value is -2.27. The SMILES string of the molecule is N#CC(C#N)=Cc1cc(Cl)ccc1OCc1cccc(Br)c1. The monoisotopic (exact) mass is 372 g/mol. The van der Waals surface area contributed by atoms with Gasteiger partial charge in [-0.2, -0.15) is 10.5 Å². The largest absolute Gasteiger partial charge is 0.488 e. The summed E-state index contributed by atoms with van der Waals surface area (Å²) < 4.78 is 6.75. The first-order chi connectivity index (χ1) is 10.6. The number of halogens is 2. The maximum absolute atomic E-state index is 8.87. The average molecular weight is 374 g/mol. The van der Waals surface area contributed by atoms with Crippen LogP contribution in [0.2, 0.25) is 5.02 Å². The standard InChI is InChI=1S/C17H10BrClN2O/c18-15-3-1-2-12(7-15)11-22-17-5-4-16(19)8-14(17)6-13(9-20)10-21/h1-8H,11H2. The second-order valence-electron chi connectivity index (χ2n) is 4.38. The third kappa shape index (κ3) is 4.36. The maximum Gasteiger partial charge on any atom is 0.130 e. The molecule has 0 saturated carbocycles. The van der Waals surface area contributed by atoms with Crippen molar-refractivity contribution in [1.29, 1.82) is 10.5 Å². The molecule has 0 unspecified atom stereocenters. The fourth-order valence-corrected chi connectivity index (χ4v) is 2.42. The van der Waals surface area contributed by atoms with Gasteiger partial charge in [0.05, 0.1) is 0 Å². The van der Waals surface area contributed by atoms with Crippen LogP contribution < -0.4 is 4.74 Å². The van der Waals surface area contributed by atoms with Crippen LogP contribution in [-0.4, -0.2) is 0 Å². The molecule has 0 heterocycles. The first-order valence-corrected chi connectivity index (χ1v) is 7.48. The van der Waals surface area contributed by atoms with Crippen molar-refractivity contribution in [3.63, 3.8) is 0 Å². The van der Waals surface area contributed by atoms with Gasteiger partial charge in [-0.05, 0) is 42.0 Å². The zero-order valence-corrected chi connectivity index (χ0v) is 13.7. The van der Waals surface area contributed by atoms with Gasteiger partial charge in [-0.1, -0.05) is 39.7 Å². The first kappa shape index (κ1) is 16.1. The molecule has 2 aromatic carbocycles. The maximum atomic E-state index is 8.87. The quantitative estimate of drug-likeness (QED) is 0.700. The van der Waals surface area contributed by atoms with E-state index in [1.807, 2.05) is 36.4 Å². The lowest BCUT2D eigenvalue weighted by Crippen LogP contribution is -1.97. The van der Waals surface area contributed by atoms with Crippen LogP contribution in [0.25, 0.3) is 6.08 Å². The summed E-state index contributed by atoms with van der Waals surface area (Å²) in [5.74, 6) is 0.562. The van der Waals surface area contributed by atoms with Gasteiger partial charge in [0.25, 0.3) is 0 Å². The molecule has 0 aliphatic heterocycles. The van der Waals surface area contributed by atoms with Crippen molar-refractivity contribution < 1.29 is 4.74 Å². The number of hydrogen-bond acceptors (Lipinski definition) is 3. The van der Waals surface area contributed by atoms with E-state index < -0.39 is 0 Å². The highest BCUT2D eigenvalue weighted by atomic mass is 79.9. The molecule has 0 fully saturated rings. The van der Waals surface area contributed by atoms with Crippen molar-refractivity contribution in [3.8, 4) is 17.9 Å². The lowest BCUT2D eigenvalue weighted by atomic mass is 10.1. The molecule has 0 amide bonds. The van der Waals surface area contributed by atoms with Gasteiger partial charge in [0.2, 0.25) is 0 Å². The third-order valence-electron chi connectivity index (χ3n) is 2.80. The molecule has 0 N–H and O–H groups in total. The highest BCUT2D eigenvalue weighted by molar-refractivity contribution is 9.10. The van der Waals surface area contributed by atoms with Gasteiger partial charge in [0.15, 0.2) is 0 Å². The Labute approximate surface area is 142 Å². The van der Waals surface area contributed by atoms with Gasteiger partial charge >= 0.3 is 0 Å². The van der Waals surface area contributed by atoms with E-state index in [1.54, 1.807) is 18.2 Å². The van der Waals surface area contributed by atoms with Crippen LogP contribution in [0.4, 0.5) is 0 Å². The van der Waals surface area contributed by atoms with E-state index in [0.29, 0.717) is 22.9 Å². The van der Waals surface area contributed by atoms with Crippen molar-refractivity contribution >= 4 is 33.6 Å². The van der Waals surface area contributed by atoms with Crippen molar-refractivity contribution in [3.05, 3.63) is 68.7 Å². The molecule has 0 aromatic heterocycles. The second kappa shape index (κ2) is 7.66. The topological polar surface area (TPSA) is 56.8 Å². The second-order valence-corrected chi connectivity index (χ2v) is 5.73. The molecule has 108 valence electrons. The fourth-order valence-electron chi connectivity index (χ4n) is 1.80. The Morgan fingerprint density at radius 1 is 1.18 bits per heavy atom. The fraction of sp³-hybridized carbons (Fsp3) is 0.0588. The normalized spacial score (nSPS) is 9.45. The lowest BCUT2D eigenvalue weighted by molar-refractivity contribution is 0.305. The highest BCUT2D eigenvalue weighted by Gasteiger charge is 2.05. The summed E-state index contributed by atoms with van der Waals surface area (Å²) >= 11 is 9.38. The molecular formula is C17H10BrClN2O. The van der Waals surface area contributed by atoms with Crippen LogP contribution in [0.5, 0.6) is 5.75 Å². The molecule has 22 heavy (non-hydrogen) atoms. The molecule has 2 rings (SSSR count). The summed E-state index contributed by atoms with van der Waals surface area (Å²) in [7, 11) is 0. The molecule has 0 aliphatic carbocycles. The lowest BCUT2D eigenvalue weighted by Gasteiger charge is -2.10. The predicted molar refractivity (Wildman–Crippen MR) is 89.1 cm³/mol. The van der Waals surface area contributed by atoms with Gasteiger partial charge in [0, 0.05) is 15.1 Å². The molecule has 0 aliphatic rings. The third-order valence-corrected chi connectivity index (χ3v) is 3.52. The molecular weight excluding hydrogens is 364 g/mol. The Bertz CT molecular complexity index is 787. The van der Waals surface area contributed by atoms with E-state index in [2.05, 4.69) is 15.9 Å². The van der Waals surface area contributed by atoms with E-state index in [1.165, 1.54) is 6.08 Å². The van der Waals surface area contributed by atoms with Crippen LogP contribution in [0.3, 0.4) is 0 Å². The molecule has 0 spiro atoms. The van der Waals surface area contributed by atoms with E-state index in [9.17, 15) is 0 Å². The number of nitrogens with zero attached hydrogens (tertiary/aromatic N) is 2. The summed E-state index contributed by atoms with van der Waals surface area (Å²) in [5, 5.41) is 18.2. The molecule has 2 aromatic rings. The number of ether oxygens (including phenoxy) is 1. The Morgan fingerprint density at radius 3 is 2.64 bits per heavy atom. The zero-order valence-electron chi connectivity index (χ0n) is 11.4. The number of allylic oxidation sites excluding steroid dienone is 1. The van der Waals surface area contributed by atoms with Gasteiger partial charge in [0.1, 0.15) is 30.1 Å². The van der Waals surface area contributed by atoms with Crippen LogP contribution in [0, 0.1) is 22.7 Å². The summed E-state index contributed by atoms with van der Waals surface area (Å²) in [6.45, 7) is 0.371. The molecule has 5 heteroatoms.